The van der Waals surface area contributed by atoms with E-state index in [4.69, 9.17) is 5.21 Å². The van der Waals surface area contributed by atoms with Gasteiger partial charge in [-0.15, -0.1) is 0 Å². The maximum Gasteiger partial charge on any atom is 0.0862 e. The molecule has 0 aromatic carbocycles. The summed E-state index contributed by atoms with van der Waals surface area (Å²) < 4.78 is 0. The van der Waals surface area contributed by atoms with E-state index in [9.17, 15) is 0 Å². The minimum Gasteiger partial charge on any atom is -0.411 e. The van der Waals surface area contributed by atoms with Gasteiger partial charge in [-0.05, 0) is 32.8 Å². The molecule has 0 saturated heterocycles. The topological polar surface area (TPSA) is 32.6 Å². The van der Waals surface area contributed by atoms with Gasteiger partial charge in [0.05, 0.1) is 5.71 Å². The third kappa shape index (κ3) is 1.76. The molecule has 2 nitrogen and oxygen atoms in total. The average Bonchev–Trinajstić information content (AvgIpc) is 2.05. The van der Waals surface area contributed by atoms with Crippen molar-refractivity contribution in [2.24, 2.45) is 5.16 Å². The summed E-state index contributed by atoms with van der Waals surface area (Å²) in [6.07, 6.45) is 3.93. The monoisotopic (exact) mass is 165 g/mol. The molecule has 0 radical (unpaired) electrons. The van der Waals surface area contributed by atoms with E-state index in [1.165, 1.54) is 11.1 Å². The zero-order valence-electron chi connectivity index (χ0n) is 7.89. The van der Waals surface area contributed by atoms with Crippen molar-refractivity contribution in [2.75, 3.05) is 0 Å². The SMILES string of the molecule is CC1=CCC(=C(C)C)C/C1=N/O. The lowest BCUT2D eigenvalue weighted by Crippen LogP contribution is -2.08. The molecule has 0 amide bonds. The maximum atomic E-state index is 8.69. The largest absolute Gasteiger partial charge is 0.411 e. The number of oxime groups is 1. The Hall–Kier alpha value is -1.05. The second-order valence-electron chi connectivity index (χ2n) is 3.42. The third-order valence-corrected chi connectivity index (χ3v) is 2.32. The zero-order chi connectivity index (χ0) is 9.14. The fraction of sp³-hybridized carbons (Fsp3) is 0.500. The van der Waals surface area contributed by atoms with Crippen LogP contribution >= 0.6 is 0 Å². The lowest BCUT2D eigenvalue weighted by molar-refractivity contribution is 0.318. The molecule has 0 fully saturated rings. The van der Waals surface area contributed by atoms with Gasteiger partial charge in [0.2, 0.25) is 0 Å². The van der Waals surface area contributed by atoms with Crippen LogP contribution in [0.2, 0.25) is 0 Å². The lowest BCUT2D eigenvalue weighted by atomic mass is 9.91. The molecule has 1 aliphatic carbocycles. The van der Waals surface area contributed by atoms with E-state index in [-0.39, 0.29) is 0 Å². The van der Waals surface area contributed by atoms with Crippen LogP contribution in [0.25, 0.3) is 0 Å². The number of hydrogen-bond donors (Lipinski definition) is 1. The van der Waals surface area contributed by atoms with Crippen LogP contribution < -0.4 is 0 Å². The normalized spacial score (nSPS) is 21.1. The van der Waals surface area contributed by atoms with Crippen molar-refractivity contribution in [3.63, 3.8) is 0 Å². The van der Waals surface area contributed by atoms with Crippen LogP contribution in [0.5, 0.6) is 0 Å². The van der Waals surface area contributed by atoms with Gasteiger partial charge in [-0.3, -0.25) is 0 Å². The summed E-state index contributed by atoms with van der Waals surface area (Å²) in [5, 5.41) is 12.0. The zero-order valence-corrected chi connectivity index (χ0v) is 7.89. The third-order valence-electron chi connectivity index (χ3n) is 2.32. The van der Waals surface area contributed by atoms with E-state index in [1.54, 1.807) is 0 Å². The molecule has 12 heavy (non-hydrogen) atoms. The summed E-state index contributed by atoms with van der Waals surface area (Å²) in [5.41, 5.74) is 4.60. The van der Waals surface area contributed by atoms with Crippen LogP contribution in [-0.4, -0.2) is 10.9 Å². The van der Waals surface area contributed by atoms with Gasteiger partial charge in [0.25, 0.3) is 0 Å². The van der Waals surface area contributed by atoms with Crippen molar-refractivity contribution in [1.82, 2.24) is 0 Å². The number of rotatable bonds is 0. The van der Waals surface area contributed by atoms with E-state index in [1.807, 2.05) is 6.92 Å². The predicted octanol–water partition coefficient (Wildman–Crippen LogP) is 2.89. The smallest absolute Gasteiger partial charge is 0.0862 e. The quantitative estimate of drug-likeness (QED) is 0.334. The van der Waals surface area contributed by atoms with Crippen LogP contribution in [0.1, 0.15) is 33.6 Å². The molecular formula is C10H15NO. The minimum absolute atomic E-state index is 0.803. The first kappa shape index (κ1) is 9.04. The highest BCUT2D eigenvalue weighted by Gasteiger charge is 2.12. The summed E-state index contributed by atoms with van der Waals surface area (Å²) in [6, 6.07) is 0. The molecule has 0 atom stereocenters. The van der Waals surface area contributed by atoms with Gasteiger partial charge >= 0.3 is 0 Å². The van der Waals surface area contributed by atoms with Gasteiger partial charge < -0.3 is 5.21 Å². The Morgan fingerprint density at radius 3 is 2.67 bits per heavy atom. The van der Waals surface area contributed by atoms with E-state index in [0.717, 1.165) is 24.1 Å². The van der Waals surface area contributed by atoms with Crippen molar-refractivity contribution < 1.29 is 5.21 Å². The second-order valence-corrected chi connectivity index (χ2v) is 3.42. The van der Waals surface area contributed by atoms with Gasteiger partial charge in [-0.1, -0.05) is 22.4 Å². The standard InChI is InChI=1S/C10H15NO/c1-7(2)9-5-4-8(3)10(6-9)11-12/h4,12H,5-6H2,1-3H3/b11-10-. The van der Waals surface area contributed by atoms with Gasteiger partial charge in [0, 0.05) is 6.42 Å². The lowest BCUT2D eigenvalue weighted by Gasteiger charge is -2.15. The molecule has 1 rings (SSSR count). The molecule has 0 heterocycles. The fourth-order valence-electron chi connectivity index (χ4n) is 1.30. The first-order valence-corrected chi connectivity index (χ1v) is 4.18. The molecule has 0 aromatic rings. The Morgan fingerprint density at radius 1 is 1.50 bits per heavy atom. The Balaban J connectivity index is 2.93. The molecule has 0 bridgehead atoms. The molecule has 66 valence electrons. The van der Waals surface area contributed by atoms with Crippen LogP contribution in [0.15, 0.2) is 28.0 Å². The fourth-order valence-corrected chi connectivity index (χ4v) is 1.30. The second kappa shape index (κ2) is 3.57. The molecular weight excluding hydrogens is 150 g/mol. The van der Waals surface area contributed by atoms with Crippen LogP contribution in [0.4, 0.5) is 0 Å². The first-order chi connectivity index (χ1) is 5.65. The number of nitrogens with zero attached hydrogens (tertiary/aromatic N) is 1. The van der Waals surface area contributed by atoms with Crippen LogP contribution in [0.3, 0.4) is 0 Å². The number of allylic oxidation sites excluding steroid dienone is 4. The Labute approximate surface area is 73.3 Å². The molecule has 0 aliphatic heterocycles. The summed E-state index contributed by atoms with van der Waals surface area (Å²) in [5.74, 6) is 0. The minimum atomic E-state index is 0.803. The van der Waals surface area contributed by atoms with Gasteiger partial charge in [0.15, 0.2) is 0 Å². The van der Waals surface area contributed by atoms with Crippen molar-refractivity contribution >= 4 is 5.71 Å². The Kier molecular flexibility index (Phi) is 2.69. The van der Waals surface area contributed by atoms with Crippen LogP contribution in [0, 0.1) is 0 Å². The Morgan fingerprint density at radius 2 is 2.17 bits per heavy atom. The van der Waals surface area contributed by atoms with Crippen molar-refractivity contribution in [3.8, 4) is 0 Å². The summed E-state index contributed by atoms with van der Waals surface area (Å²) in [6.45, 7) is 6.18. The van der Waals surface area contributed by atoms with Gasteiger partial charge in [-0.2, -0.15) is 0 Å². The molecule has 2 heteroatoms. The molecule has 0 spiro atoms. The first-order valence-electron chi connectivity index (χ1n) is 4.18. The van der Waals surface area contributed by atoms with E-state index < -0.39 is 0 Å². The Bertz CT molecular complexity index is 268. The number of hydrogen-bond acceptors (Lipinski definition) is 2. The van der Waals surface area contributed by atoms with Crippen molar-refractivity contribution in [3.05, 3.63) is 22.8 Å². The molecule has 0 saturated carbocycles. The van der Waals surface area contributed by atoms with Crippen molar-refractivity contribution in [2.45, 2.75) is 33.6 Å². The summed E-state index contributed by atoms with van der Waals surface area (Å²) >= 11 is 0. The van der Waals surface area contributed by atoms with E-state index in [2.05, 4.69) is 25.1 Å². The molecule has 0 aromatic heterocycles. The van der Waals surface area contributed by atoms with Gasteiger partial charge in [0.1, 0.15) is 0 Å². The highest BCUT2D eigenvalue weighted by Crippen LogP contribution is 2.23. The molecule has 1 aliphatic rings. The van der Waals surface area contributed by atoms with Crippen LogP contribution in [-0.2, 0) is 0 Å². The average molecular weight is 165 g/mol. The van der Waals surface area contributed by atoms with Gasteiger partial charge in [-0.25, -0.2) is 0 Å². The van der Waals surface area contributed by atoms with E-state index >= 15 is 0 Å². The predicted molar refractivity (Wildman–Crippen MR) is 50.6 cm³/mol. The molecule has 0 unspecified atom stereocenters. The highest BCUT2D eigenvalue weighted by molar-refractivity contribution is 6.01. The summed E-state index contributed by atoms with van der Waals surface area (Å²) in [7, 11) is 0. The maximum absolute atomic E-state index is 8.69. The summed E-state index contributed by atoms with van der Waals surface area (Å²) in [4.78, 5) is 0. The van der Waals surface area contributed by atoms with E-state index in [0.29, 0.717) is 0 Å². The highest BCUT2D eigenvalue weighted by atomic mass is 16.4. The molecule has 1 N–H and O–H groups in total. The van der Waals surface area contributed by atoms with Crippen molar-refractivity contribution in [1.29, 1.82) is 0 Å².